The van der Waals surface area contributed by atoms with Crippen molar-refractivity contribution in [2.24, 2.45) is 0 Å². The van der Waals surface area contributed by atoms with Gasteiger partial charge < -0.3 is 24.6 Å². The summed E-state index contributed by atoms with van der Waals surface area (Å²) in [5, 5.41) is 2.98. The number of hydrogen-bond donors (Lipinski definition) is 1. The molecule has 0 radical (unpaired) electrons. The highest BCUT2D eigenvalue weighted by Gasteiger charge is 2.18. The van der Waals surface area contributed by atoms with Crippen LogP contribution < -0.4 is 19.7 Å². The molecule has 0 bridgehead atoms. The molecule has 0 aliphatic carbocycles. The number of nitrogens with one attached hydrogen (secondary N) is 1. The van der Waals surface area contributed by atoms with Crippen LogP contribution in [0.3, 0.4) is 0 Å². The van der Waals surface area contributed by atoms with E-state index in [9.17, 15) is 4.79 Å². The number of amides is 1. The highest BCUT2D eigenvalue weighted by atomic mass is 16.5. The second-order valence-electron chi connectivity index (χ2n) is 6.80. The maximum Gasteiger partial charge on any atom is 0.262 e. The molecule has 0 unspecified atom stereocenters. The van der Waals surface area contributed by atoms with E-state index in [2.05, 4.69) is 22.2 Å². The number of likely N-dealkylation sites (N-methyl/N-ethyl adjacent to an activating group) is 1. The van der Waals surface area contributed by atoms with E-state index in [4.69, 9.17) is 9.47 Å². The van der Waals surface area contributed by atoms with Crippen molar-refractivity contribution in [3.8, 4) is 11.5 Å². The molecule has 6 heteroatoms. The molecule has 2 aromatic carbocycles. The average Bonchev–Trinajstić information content (AvgIpc) is 2.68. The normalized spacial score (nSPS) is 14.7. The number of benzene rings is 2. The molecule has 1 amide bonds. The van der Waals surface area contributed by atoms with Gasteiger partial charge in [0, 0.05) is 26.2 Å². The minimum absolute atomic E-state index is 0.0729. The second-order valence-corrected chi connectivity index (χ2v) is 6.80. The molecule has 3 rings (SSSR count). The summed E-state index contributed by atoms with van der Waals surface area (Å²) in [4.78, 5) is 17.0. The molecule has 1 heterocycles. The van der Waals surface area contributed by atoms with Crippen molar-refractivity contribution in [1.29, 1.82) is 0 Å². The van der Waals surface area contributed by atoms with Gasteiger partial charge in [-0.1, -0.05) is 18.2 Å². The van der Waals surface area contributed by atoms with E-state index < -0.39 is 0 Å². The van der Waals surface area contributed by atoms with Gasteiger partial charge in [-0.15, -0.1) is 0 Å². The Kier molecular flexibility index (Phi) is 6.19. The first-order valence-electron chi connectivity index (χ1n) is 9.16. The number of rotatable bonds is 6. The number of hydrogen-bond acceptors (Lipinski definition) is 5. The van der Waals surface area contributed by atoms with E-state index in [-0.39, 0.29) is 12.5 Å². The van der Waals surface area contributed by atoms with Crippen LogP contribution in [0.5, 0.6) is 11.5 Å². The number of carbonyl (C=O) groups excluding carboxylic acids is 1. The quantitative estimate of drug-likeness (QED) is 0.849. The van der Waals surface area contributed by atoms with Gasteiger partial charge in [-0.05, 0) is 43.8 Å². The highest BCUT2D eigenvalue weighted by Crippen LogP contribution is 2.28. The van der Waals surface area contributed by atoms with Gasteiger partial charge in [-0.25, -0.2) is 0 Å². The van der Waals surface area contributed by atoms with Gasteiger partial charge in [0.1, 0.15) is 0 Å². The first-order chi connectivity index (χ1) is 13.1. The number of anilines is 2. The second kappa shape index (κ2) is 8.77. The molecule has 1 N–H and O–H groups in total. The number of para-hydroxylation sites is 2. The average molecular weight is 369 g/mol. The molecule has 1 aliphatic rings. The number of carbonyl (C=O) groups is 1. The summed E-state index contributed by atoms with van der Waals surface area (Å²) in [6.07, 6.45) is 0. The fourth-order valence-corrected chi connectivity index (χ4v) is 3.13. The molecule has 0 aromatic heterocycles. The monoisotopic (exact) mass is 369 g/mol. The van der Waals surface area contributed by atoms with E-state index in [1.807, 2.05) is 49.4 Å². The summed E-state index contributed by atoms with van der Waals surface area (Å²) in [6.45, 7) is 5.82. The largest absolute Gasteiger partial charge is 0.493 e. The third kappa shape index (κ3) is 4.92. The Labute approximate surface area is 160 Å². The molecule has 0 saturated carbocycles. The zero-order valence-electron chi connectivity index (χ0n) is 16.2. The lowest BCUT2D eigenvalue weighted by atomic mass is 10.2. The van der Waals surface area contributed by atoms with Crippen molar-refractivity contribution in [2.75, 3.05) is 57.2 Å². The third-order valence-corrected chi connectivity index (χ3v) is 4.70. The van der Waals surface area contributed by atoms with Gasteiger partial charge in [-0.2, -0.15) is 0 Å². The topological polar surface area (TPSA) is 54.0 Å². The minimum atomic E-state index is -0.195. The Bertz CT molecular complexity index is 786. The number of nitrogens with zero attached hydrogens (tertiary/aromatic N) is 2. The smallest absolute Gasteiger partial charge is 0.262 e. The Balaban J connectivity index is 1.63. The Morgan fingerprint density at radius 3 is 2.56 bits per heavy atom. The maximum absolute atomic E-state index is 12.4. The first kappa shape index (κ1) is 19.0. The number of aryl methyl sites for hydroxylation is 1. The summed E-state index contributed by atoms with van der Waals surface area (Å²) >= 11 is 0. The number of piperazine rings is 1. The SMILES string of the molecule is COc1cc(C)ccc1OCC(=O)Nc1ccccc1N1CCN(C)CC1. The molecule has 1 aliphatic heterocycles. The summed E-state index contributed by atoms with van der Waals surface area (Å²) in [5.74, 6) is 0.991. The van der Waals surface area contributed by atoms with Crippen LogP contribution in [0.2, 0.25) is 0 Å². The Morgan fingerprint density at radius 1 is 1.07 bits per heavy atom. The summed E-state index contributed by atoms with van der Waals surface area (Å²) in [7, 11) is 3.72. The predicted molar refractivity (Wildman–Crippen MR) is 108 cm³/mol. The summed E-state index contributed by atoms with van der Waals surface area (Å²) < 4.78 is 11.0. The molecule has 6 nitrogen and oxygen atoms in total. The van der Waals surface area contributed by atoms with Crippen LogP contribution >= 0.6 is 0 Å². The van der Waals surface area contributed by atoms with Gasteiger partial charge in [0.2, 0.25) is 0 Å². The van der Waals surface area contributed by atoms with Crippen LogP contribution in [0.15, 0.2) is 42.5 Å². The molecular formula is C21H27N3O3. The lowest BCUT2D eigenvalue weighted by Gasteiger charge is -2.35. The fraction of sp³-hybridized carbons (Fsp3) is 0.381. The van der Waals surface area contributed by atoms with Crippen LogP contribution in [-0.2, 0) is 4.79 Å². The lowest BCUT2D eigenvalue weighted by Crippen LogP contribution is -2.44. The van der Waals surface area contributed by atoms with Gasteiger partial charge in [-0.3, -0.25) is 4.79 Å². The zero-order valence-corrected chi connectivity index (χ0v) is 16.2. The fourth-order valence-electron chi connectivity index (χ4n) is 3.13. The van der Waals surface area contributed by atoms with Crippen molar-refractivity contribution >= 4 is 17.3 Å². The van der Waals surface area contributed by atoms with Crippen molar-refractivity contribution in [3.63, 3.8) is 0 Å². The summed E-state index contributed by atoms with van der Waals surface area (Å²) in [5.41, 5.74) is 2.93. The molecule has 144 valence electrons. The lowest BCUT2D eigenvalue weighted by molar-refractivity contribution is -0.118. The zero-order chi connectivity index (χ0) is 19.2. The first-order valence-corrected chi connectivity index (χ1v) is 9.16. The minimum Gasteiger partial charge on any atom is -0.493 e. The number of methoxy groups -OCH3 is 1. The van der Waals surface area contributed by atoms with E-state index in [0.717, 1.165) is 43.1 Å². The molecule has 0 atom stereocenters. The van der Waals surface area contributed by atoms with Gasteiger partial charge in [0.05, 0.1) is 18.5 Å². The third-order valence-electron chi connectivity index (χ3n) is 4.70. The van der Waals surface area contributed by atoms with E-state index >= 15 is 0 Å². The Hall–Kier alpha value is -2.73. The maximum atomic E-state index is 12.4. The molecule has 1 saturated heterocycles. The molecular weight excluding hydrogens is 342 g/mol. The molecule has 1 fully saturated rings. The van der Waals surface area contributed by atoms with Crippen LogP contribution in [-0.4, -0.2) is 57.8 Å². The molecule has 27 heavy (non-hydrogen) atoms. The number of ether oxygens (including phenoxy) is 2. The van der Waals surface area contributed by atoms with E-state index in [1.165, 1.54) is 0 Å². The van der Waals surface area contributed by atoms with Gasteiger partial charge >= 0.3 is 0 Å². The molecule has 0 spiro atoms. The van der Waals surface area contributed by atoms with Gasteiger partial charge in [0.25, 0.3) is 5.91 Å². The van der Waals surface area contributed by atoms with Gasteiger partial charge in [0.15, 0.2) is 18.1 Å². The van der Waals surface area contributed by atoms with Crippen LogP contribution in [0, 0.1) is 6.92 Å². The standard InChI is InChI=1S/C21H27N3O3/c1-16-8-9-19(20(14-16)26-3)27-15-21(25)22-17-6-4-5-7-18(17)24-12-10-23(2)11-13-24/h4-9,14H,10-13,15H2,1-3H3,(H,22,25). The van der Waals surface area contributed by atoms with E-state index in [1.54, 1.807) is 7.11 Å². The molecule has 2 aromatic rings. The van der Waals surface area contributed by atoms with Crippen molar-refractivity contribution in [3.05, 3.63) is 48.0 Å². The van der Waals surface area contributed by atoms with Crippen LogP contribution in [0.4, 0.5) is 11.4 Å². The predicted octanol–water partition coefficient (Wildman–Crippen LogP) is 2.77. The summed E-state index contributed by atoms with van der Waals surface area (Å²) in [6, 6.07) is 13.5. The van der Waals surface area contributed by atoms with Crippen LogP contribution in [0.25, 0.3) is 0 Å². The highest BCUT2D eigenvalue weighted by molar-refractivity contribution is 5.95. The van der Waals surface area contributed by atoms with Crippen molar-refractivity contribution in [2.45, 2.75) is 6.92 Å². The van der Waals surface area contributed by atoms with Crippen molar-refractivity contribution < 1.29 is 14.3 Å². The Morgan fingerprint density at radius 2 is 1.81 bits per heavy atom. The van der Waals surface area contributed by atoms with Crippen LogP contribution in [0.1, 0.15) is 5.56 Å². The van der Waals surface area contributed by atoms with Crippen molar-refractivity contribution in [1.82, 2.24) is 4.90 Å². The van der Waals surface area contributed by atoms with E-state index in [0.29, 0.717) is 11.5 Å².